The largest absolute Gasteiger partial charge is 0.460 e. The van der Waals surface area contributed by atoms with E-state index < -0.39 is 53.2 Å². The minimum Gasteiger partial charge on any atom is -0.460 e. The minimum atomic E-state index is -1.33. The number of rotatable bonds is 3. The molecule has 0 aliphatic carbocycles. The van der Waals surface area contributed by atoms with E-state index in [1.807, 2.05) is 39.8 Å². The van der Waals surface area contributed by atoms with Crippen LogP contribution in [0.5, 0.6) is 0 Å². The molecule has 2 saturated heterocycles. The molecule has 5 bridgehead atoms. The number of ether oxygens (including phenoxy) is 2. The summed E-state index contributed by atoms with van der Waals surface area (Å²) in [5, 5.41) is 13.0. The van der Waals surface area contributed by atoms with Gasteiger partial charge in [0.15, 0.2) is 0 Å². The van der Waals surface area contributed by atoms with Crippen molar-refractivity contribution in [2.24, 2.45) is 11.8 Å². The third-order valence-corrected chi connectivity index (χ3v) is 7.87. The van der Waals surface area contributed by atoms with Gasteiger partial charge in [-0.25, -0.2) is 0 Å². The highest BCUT2D eigenvalue weighted by Crippen LogP contribution is 2.56. The Hall–Kier alpha value is -2.72. The molecule has 0 unspecified atom stereocenters. The Kier molecular flexibility index (Phi) is 7.54. The molecule has 37 heavy (non-hydrogen) atoms. The van der Waals surface area contributed by atoms with Crippen molar-refractivity contribution in [1.82, 2.24) is 15.1 Å². The third-order valence-electron chi connectivity index (χ3n) is 7.87. The van der Waals surface area contributed by atoms with Crippen molar-refractivity contribution in [3.8, 4) is 0 Å². The van der Waals surface area contributed by atoms with Gasteiger partial charge in [0.1, 0.15) is 23.7 Å². The second-order valence-electron chi connectivity index (χ2n) is 11.4. The van der Waals surface area contributed by atoms with E-state index in [-0.39, 0.29) is 43.8 Å². The smallest absolute Gasteiger partial charge is 0.313 e. The average Bonchev–Trinajstić information content (AvgIpc) is 3.47. The van der Waals surface area contributed by atoms with Gasteiger partial charge in [-0.2, -0.15) is 0 Å². The van der Waals surface area contributed by atoms with Crippen molar-refractivity contribution in [2.45, 2.75) is 89.3 Å². The first-order chi connectivity index (χ1) is 17.5. The first kappa shape index (κ1) is 27.3. The number of allylic oxidation sites excluding steroid dienone is 1. The molecule has 7 atom stereocenters. The molecule has 0 aromatic rings. The molecule has 204 valence electrons. The molecule has 1 spiro atoms. The van der Waals surface area contributed by atoms with E-state index in [2.05, 4.69) is 5.32 Å². The van der Waals surface area contributed by atoms with E-state index in [1.54, 1.807) is 24.0 Å². The number of aliphatic hydroxyl groups excluding tert-OH is 1. The second kappa shape index (κ2) is 10.2. The molecule has 2 fully saturated rings. The molecule has 0 aromatic carbocycles. The molecule has 10 nitrogen and oxygen atoms in total. The average molecular weight is 518 g/mol. The van der Waals surface area contributed by atoms with Crippen molar-refractivity contribution in [2.75, 3.05) is 19.7 Å². The molecular formula is C27H39N3O7. The van der Waals surface area contributed by atoms with E-state index in [4.69, 9.17) is 9.47 Å². The minimum absolute atomic E-state index is 0.152. The molecule has 4 aliphatic heterocycles. The first-order valence-corrected chi connectivity index (χ1v) is 13.2. The van der Waals surface area contributed by atoms with Crippen LogP contribution < -0.4 is 5.32 Å². The first-order valence-electron chi connectivity index (χ1n) is 13.2. The highest BCUT2D eigenvalue weighted by Gasteiger charge is 2.74. The molecule has 0 saturated carbocycles. The van der Waals surface area contributed by atoms with E-state index in [1.165, 1.54) is 4.90 Å². The molecule has 4 aliphatic rings. The van der Waals surface area contributed by atoms with Gasteiger partial charge in [-0.3, -0.25) is 19.2 Å². The summed E-state index contributed by atoms with van der Waals surface area (Å²) in [5.41, 5.74) is -1.93. The van der Waals surface area contributed by atoms with Crippen LogP contribution in [0.3, 0.4) is 0 Å². The molecule has 2 N–H and O–H groups in total. The number of amides is 3. The van der Waals surface area contributed by atoms with Crippen LogP contribution in [-0.4, -0.2) is 93.7 Å². The van der Waals surface area contributed by atoms with Gasteiger partial charge in [0, 0.05) is 18.5 Å². The number of nitrogens with one attached hydrogen (secondary N) is 1. The summed E-state index contributed by atoms with van der Waals surface area (Å²) >= 11 is 0. The molecule has 4 heterocycles. The maximum Gasteiger partial charge on any atom is 0.313 e. The standard InChI is InChI=1S/C27H39N3O7/c1-6-17(15-31)30-22-24(34)29(26(3,4)5)13-9-7-8-10-19(32)28-14-16(2)36-25(35)20-18-11-12-27(22,37-18)21(20)23(30)33/h7,9,11-12,16-18,20-22,31H,6,8,10,13-15H2,1-5H3,(H,28,32)/b9-7-/t16-,17+,18+,20-,21-,22+,27-/m1/s1. The Morgan fingerprint density at radius 3 is 2.57 bits per heavy atom. The SMILES string of the molecule is CC[C@@H](CO)N1C(=O)[C@H]2[C@@H]3C(=O)O[C@H](C)CNC(=O)CC/C=C\CN(C(C)(C)C)C(=O)[C@H]1[C@@]21C=C[C@@H]3O1. The second-order valence-corrected chi connectivity index (χ2v) is 11.4. The van der Waals surface area contributed by atoms with Crippen LogP contribution in [-0.2, 0) is 28.7 Å². The maximum absolute atomic E-state index is 14.4. The predicted octanol–water partition coefficient (Wildman–Crippen LogP) is 0.933. The Labute approximate surface area is 218 Å². The van der Waals surface area contributed by atoms with Gasteiger partial charge in [0.2, 0.25) is 17.7 Å². The monoisotopic (exact) mass is 517 g/mol. The van der Waals surface area contributed by atoms with E-state index >= 15 is 0 Å². The van der Waals surface area contributed by atoms with Gasteiger partial charge in [0.25, 0.3) is 0 Å². The molecule has 0 radical (unpaired) electrons. The highest BCUT2D eigenvalue weighted by atomic mass is 16.6. The highest BCUT2D eigenvalue weighted by molar-refractivity contribution is 5.99. The lowest BCUT2D eigenvalue weighted by Crippen LogP contribution is -2.61. The number of carbonyl (C=O) groups is 4. The Bertz CT molecular complexity index is 998. The molecule has 3 amide bonds. The Morgan fingerprint density at radius 2 is 1.92 bits per heavy atom. The number of hydrogen-bond donors (Lipinski definition) is 2. The quantitative estimate of drug-likeness (QED) is 0.421. The van der Waals surface area contributed by atoms with Gasteiger partial charge >= 0.3 is 5.97 Å². The zero-order chi connectivity index (χ0) is 27.1. The summed E-state index contributed by atoms with van der Waals surface area (Å²) in [6, 6.07) is -1.64. The van der Waals surface area contributed by atoms with Gasteiger partial charge in [0.05, 0.1) is 31.2 Å². The Morgan fingerprint density at radius 1 is 1.19 bits per heavy atom. The summed E-state index contributed by atoms with van der Waals surface area (Å²) < 4.78 is 12.0. The Balaban J connectivity index is 1.81. The predicted molar refractivity (Wildman–Crippen MR) is 134 cm³/mol. The van der Waals surface area contributed by atoms with Crippen molar-refractivity contribution in [3.05, 3.63) is 24.3 Å². The van der Waals surface area contributed by atoms with Crippen LogP contribution in [0, 0.1) is 11.8 Å². The maximum atomic E-state index is 14.4. The number of nitrogens with zero attached hydrogens (tertiary/aromatic N) is 2. The van der Waals surface area contributed by atoms with Gasteiger partial charge in [-0.15, -0.1) is 0 Å². The van der Waals surface area contributed by atoms with Crippen molar-refractivity contribution >= 4 is 23.7 Å². The number of fused-ring (bicyclic) bond motifs is 2. The normalized spacial score (nSPS) is 36.4. The molecule has 0 aromatic heterocycles. The van der Waals surface area contributed by atoms with Crippen LogP contribution >= 0.6 is 0 Å². The fourth-order valence-electron chi connectivity index (χ4n) is 5.98. The summed E-state index contributed by atoms with van der Waals surface area (Å²) in [4.78, 5) is 57.1. The van der Waals surface area contributed by atoms with Gasteiger partial charge < -0.3 is 29.7 Å². The zero-order valence-corrected chi connectivity index (χ0v) is 22.3. The van der Waals surface area contributed by atoms with Crippen LogP contribution in [0.2, 0.25) is 0 Å². The van der Waals surface area contributed by atoms with Crippen LogP contribution in [0.25, 0.3) is 0 Å². The topological polar surface area (TPSA) is 125 Å². The number of esters is 1. The van der Waals surface area contributed by atoms with Crippen LogP contribution in [0.15, 0.2) is 24.3 Å². The number of likely N-dealkylation sites (tertiary alicyclic amines) is 1. The fourth-order valence-corrected chi connectivity index (χ4v) is 5.98. The summed E-state index contributed by atoms with van der Waals surface area (Å²) in [6.45, 7) is 9.38. The van der Waals surface area contributed by atoms with E-state index in [0.717, 1.165) is 0 Å². The molecule has 10 heteroatoms. The van der Waals surface area contributed by atoms with E-state index in [9.17, 15) is 24.3 Å². The molecular weight excluding hydrogens is 478 g/mol. The molecule has 4 rings (SSSR count). The van der Waals surface area contributed by atoms with E-state index in [0.29, 0.717) is 12.8 Å². The lowest BCUT2D eigenvalue weighted by atomic mass is 9.74. The van der Waals surface area contributed by atoms with Crippen molar-refractivity contribution < 1.29 is 33.8 Å². The fraction of sp³-hybridized carbons (Fsp3) is 0.704. The zero-order valence-electron chi connectivity index (χ0n) is 22.3. The summed E-state index contributed by atoms with van der Waals surface area (Å²) in [7, 11) is 0. The lowest BCUT2D eigenvalue weighted by Gasteiger charge is -2.43. The summed E-state index contributed by atoms with van der Waals surface area (Å²) in [6.07, 6.45) is 7.10. The van der Waals surface area contributed by atoms with Gasteiger partial charge in [-0.05, 0) is 40.5 Å². The van der Waals surface area contributed by atoms with Crippen molar-refractivity contribution in [3.63, 3.8) is 0 Å². The van der Waals surface area contributed by atoms with Crippen molar-refractivity contribution in [1.29, 1.82) is 0 Å². The van der Waals surface area contributed by atoms with Crippen LogP contribution in [0.1, 0.15) is 53.9 Å². The van der Waals surface area contributed by atoms with Crippen LogP contribution in [0.4, 0.5) is 0 Å². The number of hydrogen-bond acceptors (Lipinski definition) is 7. The lowest BCUT2D eigenvalue weighted by molar-refractivity contribution is -0.159. The van der Waals surface area contributed by atoms with Gasteiger partial charge in [-0.1, -0.05) is 31.2 Å². The number of aliphatic hydroxyl groups is 1. The number of cyclic esters (lactones) is 1. The number of carbonyl (C=O) groups excluding carboxylic acids is 4. The summed E-state index contributed by atoms with van der Waals surface area (Å²) in [5.74, 6) is -3.33. The third kappa shape index (κ3) is 4.69.